The van der Waals surface area contributed by atoms with Crippen molar-refractivity contribution in [1.82, 2.24) is 0 Å². The van der Waals surface area contributed by atoms with Gasteiger partial charge in [0.15, 0.2) is 0 Å². The Bertz CT molecular complexity index is 387. The summed E-state index contributed by atoms with van der Waals surface area (Å²) in [5, 5.41) is 3.03. The maximum Gasteiger partial charge on any atom is 0.328 e. The lowest BCUT2D eigenvalue weighted by molar-refractivity contribution is -0.144. The molecule has 1 aromatic carbocycles. The second-order valence-electron chi connectivity index (χ2n) is 4.25. The van der Waals surface area contributed by atoms with Crippen LogP contribution in [0.25, 0.3) is 0 Å². The van der Waals surface area contributed by atoms with Crippen LogP contribution in [0.4, 0.5) is 10.1 Å². The summed E-state index contributed by atoms with van der Waals surface area (Å²) in [6.07, 6.45) is 1.51. The van der Waals surface area contributed by atoms with Crippen molar-refractivity contribution >= 4 is 11.7 Å². The van der Waals surface area contributed by atoms with Crippen LogP contribution in [0.1, 0.15) is 32.3 Å². The third kappa shape index (κ3) is 4.35. The van der Waals surface area contributed by atoms with Crippen molar-refractivity contribution in [2.75, 3.05) is 11.9 Å². The highest BCUT2D eigenvalue weighted by Gasteiger charge is 2.18. The van der Waals surface area contributed by atoms with Crippen molar-refractivity contribution in [3.05, 3.63) is 29.6 Å². The first-order chi connectivity index (χ1) is 8.56. The third-order valence-electron chi connectivity index (χ3n) is 2.53. The molecule has 0 aliphatic rings. The van der Waals surface area contributed by atoms with Gasteiger partial charge in [-0.3, -0.25) is 0 Å². The van der Waals surface area contributed by atoms with Gasteiger partial charge in [-0.25, -0.2) is 9.18 Å². The first kappa shape index (κ1) is 14.5. The summed E-state index contributed by atoms with van der Waals surface area (Å²) in [5.41, 5.74) is 1.43. The Morgan fingerprint density at radius 1 is 1.39 bits per heavy atom. The number of ether oxygens (including phenoxy) is 1. The van der Waals surface area contributed by atoms with Gasteiger partial charge < -0.3 is 10.1 Å². The summed E-state index contributed by atoms with van der Waals surface area (Å²) in [6.45, 7) is 5.92. The van der Waals surface area contributed by atoms with Gasteiger partial charge in [0.25, 0.3) is 0 Å². The van der Waals surface area contributed by atoms with Crippen molar-refractivity contribution < 1.29 is 13.9 Å². The SMILES string of the molecule is CCCC(Nc1cc(C)cc(F)c1)C(=O)OCC. The number of esters is 1. The summed E-state index contributed by atoms with van der Waals surface area (Å²) in [7, 11) is 0. The van der Waals surface area contributed by atoms with E-state index in [1.807, 2.05) is 19.9 Å². The molecule has 0 aliphatic heterocycles. The highest BCUT2D eigenvalue weighted by molar-refractivity contribution is 5.79. The molecular formula is C14H20FNO2. The molecule has 0 fully saturated rings. The number of benzene rings is 1. The van der Waals surface area contributed by atoms with Crippen molar-refractivity contribution in [3.8, 4) is 0 Å². The predicted molar refractivity (Wildman–Crippen MR) is 70.1 cm³/mol. The van der Waals surface area contributed by atoms with Gasteiger partial charge in [0.2, 0.25) is 0 Å². The van der Waals surface area contributed by atoms with Crippen molar-refractivity contribution in [3.63, 3.8) is 0 Å². The summed E-state index contributed by atoms with van der Waals surface area (Å²) in [6, 6.07) is 4.22. The van der Waals surface area contributed by atoms with E-state index < -0.39 is 6.04 Å². The van der Waals surface area contributed by atoms with Gasteiger partial charge >= 0.3 is 5.97 Å². The lowest BCUT2D eigenvalue weighted by Gasteiger charge is -2.18. The van der Waals surface area contributed by atoms with E-state index in [4.69, 9.17) is 4.74 Å². The van der Waals surface area contributed by atoms with Crippen molar-refractivity contribution in [2.24, 2.45) is 0 Å². The van der Waals surface area contributed by atoms with E-state index in [0.717, 1.165) is 12.0 Å². The molecule has 1 unspecified atom stereocenters. The maximum absolute atomic E-state index is 13.3. The molecule has 0 aromatic heterocycles. The minimum atomic E-state index is -0.420. The van der Waals surface area contributed by atoms with Crippen LogP contribution in [0, 0.1) is 12.7 Å². The van der Waals surface area contributed by atoms with E-state index >= 15 is 0 Å². The molecule has 18 heavy (non-hydrogen) atoms. The molecule has 0 amide bonds. The second kappa shape index (κ2) is 6.99. The summed E-state index contributed by atoms with van der Waals surface area (Å²) in [4.78, 5) is 11.7. The largest absolute Gasteiger partial charge is 0.464 e. The first-order valence-corrected chi connectivity index (χ1v) is 6.27. The first-order valence-electron chi connectivity index (χ1n) is 6.27. The summed E-state index contributed by atoms with van der Waals surface area (Å²) < 4.78 is 18.3. The van der Waals surface area contributed by atoms with E-state index in [-0.39, 0.29) is 11.8 Å². The molecular weight excluding hydrogens is 233 g/mol. The topological polar surface area (TPSA) is 38.3 Å². The van der Waals surface area contributed by atoms with Gasteiger partial charge in [0.05, 0.1) is 6.61 Å². The zero-order valence-corrected chi connectivity index (χ0v) is 11.1. The van der Waals surface area contributed by atoms with E-state index in [2.05, 4.69) is 5.32 Å². The smallest absolute Gasteiger partial charge is 0.328 e. The van der Waals surface area contributed by atoms with Crippen LogP contribution in [0.3, 0.4) is 0 Å². The van der Waals surface area contributed by atoms with Crippen molar-refractivity contribution in [1.29, 1.82) is 0 Å². The third-order valence-corrected chi connectivity index (χ3v) is 2.53. The number of halogens is 1. The highest BCUT2D eigenvalue weighted by Crippen LogP contribution is 2.16. The Hall–Kier alpha value is -1.58. The quantitative estimate of drug-likeness (QED) is 0.791. The molecule has 0 aliphatic carbocycles. The minimum absolute atomic E-state index is 0.290. The molecule has 1 aromatic rings. The Balaban J connectivity index is 2.78. The van der Waals surface area contributed by atoms with E-state index in [9.17, 15) is 9.18 Å². The maximum atomic E-state index is 13.3. The van der Waals surface area contributed by atoms with Gasteiger partial charge in [-0.1, -0.05) is 13.3 Å². The van der Waals surface area contributed by atoms with Crippen LogP contribution in [0.2, 0.25) is 0 Å². The minimum Gasteiger partial charge on any atom is -0.464 e. The van der Waals surface area contributed by atoms with Crippen LogP contribution in [0.15, 0.2) is 18.2 Å². The van der Waals surface area contributed by atoms with E-state index in [1.165, 1.54) is 12.1 Å². The predicted octanol–water partition coefficient (Wildman–Crippen LogP) is 3.28. The highest BCUT2D eigenvalue weighted by atomic mass is 19.1. The molecule has 1 atom stereocenters. The van der Waals surface area contributed by atoms with Crippen LogP contribution >= 0.6 is 0 Å². The molecule has 1 N–H and O–H groups in total. The Morgan fingerprint density at radius 2 is 2.11 bits per heavy atom. The van der Waals surface area contributed by atoms with Gasteiger partial charge in [-0.2, -0.15) is 0 Å². The molecule has 4 heteroatoms. The number of carbonyl (C=O) groups excluding carboxylic acids is 1. The second-order valence-corrected chi connectivity index (χ2v) is 4.25. The van der Waals surface area contributed by atoms with Crippen LogP contribution < -0.4 is 5.32 Å². The monoisotopic (exact) mass is 253 g/mol. The zero-order chi connectivity index (χ0) is 13.5. The Morgan fingerprint density at radius 3 is 2.67 bits per heavy atom. The fourth-order valence-corrected chi connectivity index (χ4v) is 1.80. The molecule has 1 rings (SSSR count). The lowest BCUT2D eigenvalue weighted by atomic mass is 10.1. The number of hydrogen-bond donors (Lipinski definition) is 1. The molecule has 0 saturated heterocycles. The summed E-state index contributed by atoms with van der Waals surface area (Å²) in [5.74, 6) is -0.599. The van der Waals surface area contributed by atoms with E-state index in [0.29, 0.717) is 18.7 Å². The normalized spacial score (nSPS) is 12.0. The Labute approximate surface area is 107 Å². The Kier molecular flexibility index (Phi) is 5.62. The van der Waals surface area contributed by atoms with Gasteiger partial charge in [-0.15, -0.1) is 0 Å². The van der Waals surface area contributed by atoms with Gasteiger partial charge in [0, 0.05) is 5.69 Å². The van der Waals surface area contributed by atoms with Crippen molar-refractivity contribution in [2.45, 2.75) is 39.7 Å². The van der Waals surface area contributed by atoms with Crippen LogP contribution in [-0.4, -0.2) is 18.6 Å². The molecule has 0 heterocycles. The molecule has 0 spiro atoms. The molecule has 0 saturated carbocycles. The lowest BCUT2D eigenvalue weighted by Crippen LogP contribution is -2.31. The molecule has 0 radical (unpaired) electrons. The van der Waals surface area contributed by atoms with Gasteiger partial charge in [0.1, 0.15) is 11.9 Å². The number of rotatable bonds is 6. The van der Waals surface area contributed by atoms with E-state index in [1.54, 1.807) is 6.92 Å². The van der Waals surface area contributed by atoms with Crippen LogP contribution in [-0.2, 0) is 9.53 Å². The molecule has 100 valence electrons. The summed E-state index contributed by atoms with van der Waals surface area (Å²) >= 11 is 0. The van der Waals surface area contributed by atoms with Crippen LogP contribution in [0.5, 0.6) is 0 Å². The number of hydrogen-bond acceptors (Lipinski definition) is 3. The number of aryl methyl sites for hydroxylation is 1. The number of anilines is 1. The fourth-order valence-electron chi connectivity index (χ4n) is 1.80. The number of nitrogens with one attached hydrogen (secondary N) is 1. The zero-order valence-electron chi connectivity index (χ0n) is 11.1. The molecule has 3 nitrogen and oxygen atoms in total. The number of carbonyl (C=O) groups is 1. The average molecular weight is 253 g/mol. The standard InChI is InChI=1S/C14H20FNO2/c1-4-6-13(14(17)18-5-2)16-12-8-10(3)7-11(15)9-12/h7-9,13,16H,4-6H2,1-3H3. The average Bonchev–Trinajstić information content (AvgIpc) is 2.27. The fraction of sp³-hybridized carbons (Fsp3) is 0.500. The van der Waals surface area contributed by atoms with Gasteiger partial charge in [-0.05, 0) is 44.0 Å². The molecule has 0 bridgehead atoms.